The van der Waals surface area contributed by atoms with Gasteiger partial charge in [0.2, 0.25) is 0 Å². The number of hydrogen-bond acceptors (Lipinski definition) is 6. The maximum atomic E-state index is 11.4. The third-order valence-corrected chi connectivity index (χ3v) is 4.76. The Morgan fingerprint density at radius 3 is 2.61 bits per heavy atom. The highest BCUT2D eigenvalue weighted by atomic mass is 32.2. The van der Waals surface area contributed by atoms with Crippen molar-refractivity contribution in [2.45, 2.75) is 44.7 Å². The van der Waals surface area contributed by atoms with E-state index in [0.717, 1.165) is 25.2 Å². The molecule has 7 nitrogen and oxygen atoms in total. The molecule has 1 aliphatic heterocycles. The zero-order chi connectivity index (χ0) is 21.3. The summed E-state index contributed by atoms with van der Waals surface area (Å²) in [5.41, 5.74) is 2.03. The van der Waals surface area contributed by atoms with Gasteiger partial charge < -0.3 is 10.4 Å². The van der Waals surface area contributed by atoms with Gasteiger partial charge in [0, 0.05) is 31.3 Å². The van der Waals surface area contributed by atoms with Crippen LogP contribution in [0.15, 0.2) is 17.8 Å². The van der Waals surface area contributed by atoms with E-state index in [-0.39, 0.29) is 16.1 Å². The molecular formula is C17H22F3N3O4S. The third-order valence-electron chi connectivity index (χ3n) is 3.60. The number of alkyl halides is 3. The van der Waals surface area contributed by atoms with E-state index in [2.05, 4.69) is 10.4 Å². The fourth-order valence-electron chi connectivity index (χ4n) is 2.27. The van der Waals surface area contributed by atoms with Gasteiger partial charge in [-0.15, -0.1) is 0 Å². The number of aliphatic carboxylic acids is 1. The van der Waals surface area contributed by atoms with Gasteiger partial charge in [0.25, 0.3) is 0 Å². The monoisotopic (exact) mass is 421 g/mol. The quantitative estimate of drug-likeness (QED) is 0.753. The SMILES string of the molecule is CCC(=O)Cn1ccc(C=C2CNCCC2SC(C)=O)n1.O=C(O)C(F)(F)F. The number of thioether (sulfide) groups is 1. The van der Waals surface area contributed by atoms with Crippen molar-refractivity contribution in [3.8, 4) is 0 Å². The maximum Gasteiger partial charge on any atom is 0.490 e. The first kappa shape index (κ1) is 23.9. The molecule has 1 atom stereocenters. The number of rotatable bonds is 5. The molecule has 1 aliphatic rings. The topological polar surface area (TPSA) is 101 Å². The highest BCUT2D eigenvalue weighted by Crippen LogP contribution is 2.26. The normalized spacial score (nSPS) is 18.3. The standard InChI is InChI=1S/C15H21N3O2S.C2HF3O2/c1-3-14(20)10-18-7-5-13(17-18)8-12-9-16-6-4-15(12)21-11(2)19;3-2(4,5)1(6)7/h5,7-8,15-16H,3-4,6,9-10H2,1-2H3;(H,6,7). The number of nitrogens with zero attached hydrogens (tertiary/aromatic N) is 2. The number of carbonyl (C=O) groups is 3. The average Bonchev–Trinajstić information content (AvgIpc) is 3.02. The fourth-order valence-corrected chi connectivity index (χ4v) is 3.21. The first-order chi connectivity index (χ1) is 13.0. The minimum absolute atomic E-state index is 0.145. The van der Waals surface area contributed by atoms with Crippen LogP contribution in [0.2, 0.25) is 0 Å². The number of ketones is 1. The maximum absolute atomic E-state index is 11.4. The van der Waals surface area contributed by atoms with Crippen LogP contribution in [0.3, 0.4) is 0 Å². The molecule has 0 bridgehead atoms. The summed E-state index contributed by atoms with van der Waals surface area (Å²) in [6.45, 7) is 5.50. The molecule has 1 aromatic heterocycles. The lowest BCUT2D eigenvalue weighted by Gasteiger charge is -2.24. The van der Waals surface area contributed by atoms with Gasteiger partial charge >= 0.3 is 12.1 Å². The summed E-state index contributed by atoms with van der Waals surface area (Å²) in [5, 5.41) is 15.2. The molecule has 0 aliphatic carbocycles. The second kappa shape index (κ2) is 11.0. The Labute approximate surface area is 164 Å². The van der Waals surface area contributed by atoms with E-state index in [1.54, 1.807) is 11.6 Å². The zero-order valence-corrected chi connectivity index (χ0v) is 16.3. The lowest BCUT2D eigenvalue weighted by molar-refractivity contribution is -0.192. The minimum atomic E-state index is -5.08. The predicted molar refractivity (Wildman–Crippen MR) is 98.7 cm³/mol. The second-order valence-corrected chi connectivity index (χ2v) is 7.30. The van der Waals surface area contributed by atoms with E-state index in [1.807, 2.05) is 25.3 Å². The van der Waals surface area contributed by atoms with E-state index in [4.69, 9.17) is 9.90 Å². The van der Waals surface area contributed by atoms with Gasteiger partial charge in [-0.3, -0.25) is 14.3 Å². The number of aromatic nitrogens is 2. The molecule has 0 radical (unpaired) electrons. The summed E-state index contributed by atoms with van der Waals surface area (Å²) in [4.78, 5) is 31.6. The van der Waals surface area contributed by atoms with Crippen molar-refractivity contribution in [2.24, 2.45) is 0 Å². The Morgan fingerprint density at radius 1 is 1.43 bits per heavy atom. The first-order valence-electron chi connectivity index (χ1n) is 8.46. The fraction of sp³-hybridized carbons (Fsp3) is 0.529. The number of nitrogens with one attached hydrogen (secondary N) is 1. The van der Waals surface area contributed by atoms with Crippen LogP contribution >= 0.6 is 11.8 Å². The first-order valence-corrected chi connectivity index (χ1v) is 9.34. The summed E-state index contributed by atoms with van der Waals surface area (Å²) >= 11 is 1.39. The van der Waals surface area contributed by atoms with E-state index in [0.29, 0.717) is 13.0 Å². The summed E-state index contributed by atoms with van der Waals surface area (Å²) in [6, 6.07) is 1.90. The smallest absolute Gasteiger partial charge is 0.475 e. The van der Waals surface area contributed by atoms with Crippen LogP contribution in [-0.2, 0) is 20.9 Å². The number of hydrogen-bond donors (Lipinski definition) is 2. The van der Waals surface area contributed by atoms with Crippen LogP contribution < -0.4 is 5.32 Å². The highest BCUT2D eigenvalue weighted by Gasteiger charge is 2.38. The van der Waals surface area contributed by atoms with Crippen LogP contribution in [0.1, 0.15) is 32.4 Å². The summed E-state index contributed by atoms with van der Waals surface area (Å²) in [5.74, 6) is -2.59. The molecule has 1 saturated heterocycles. The van der Waals surface area contributed by atoms with Crippen molar-refractivity contribution in [1.82, 2.24) is 15.1 Å². The molecule has 1 aromatic rings. The summed E-state index contributed by atoms with van der Waals surface area (Å²) in [6.07, 6.45) is 0.242. The molecule has 2 rings (SSSR count). The van der Waals surface area contributed by atoms with Crippen molar-refractivity contribution in [3.05, 3.63) is 23.5 Å². The Kier molecular flexibility index (Phi) is 9.39. The number of Topliss-reactive ketones (excluding diaryl/α,β-unsaturated/α-hetero) is 1. The van der Waals surface area contributed by atoms with Crippen molar-refractivity contribution in [1.29, 1.82) is 0 Å². The molecule has 2 heterocycles. The molecule has 0 aromatic carbocycles. The molecule has 0 amide bonds. The van der Waals surface area contributed by atoms with Crippen molar-refractivity contribution < 1.29 is 32.7 Å². The number of carboxylic acids is 1. The lowest BCUT2D eigenvalue weighted by Crippen LogP contribution is -2.32. The second-order valence-electron chi connectivity index (χ2n) is 5.92. The molecule has 1 unspecified atom stereocenters. The Balaban J connectivity index is 0.000000480. The Bertz CT molecular complexity index is 731. The summed E-state index contributed by atoms with van der Waals surface area (Å²) < 4.78 is 33.4. The van der Waals surface area contributed by atoms with Crippen LogP contribution in [0.5, 0.6) is 0 Å². The number of carboxylic acid groups (broad SMARTS) is 1. The van der Waals surface area contributed by atoms with Gasteiger partial charge in [-0.25, -0.2) is 4.79 Å². The lowest BCUT2D eigenvalue weighted by atomic mass is 10.0. The molecule has 0 spiro atoms. The summed E-state index contributed by atoms with van der Waals surface area (Å²) in [7, 11) is 0. The Morgan fingerprint density at radius 2 is 2.07 bits per heavy atom. The molecule has 1 fully saturated rings. The molecule has 156 valence electrons. The molecule has 28 heavy (non-hydrogen) atoms. The highest BCUT2D eigenvalue weighted by molar-refractivity contribution is 8.14. The molecule has 2 N–H and O–H groups in total. The van der Waals surface area contributed by atoms with Crippen molar-refractivity contribution in [3.63, 3.8) is 0 Å². The van der Waals surface area contributed by atoms with Crippen LogP contribution in [0, 0.1) is 0 Å². The van der Waals surface area contributed by atoms with Crippen molar-refractivity contribution in [2.75, 3.05) is 13.1 Å². The van der Waals surface area contributed by atoms with E-state index < -0.39 is 12.1 Å². The van der Waals surface area contributed by atoms with Crippen LogP contribution in [0.25, 0.3) is 6.08 Å². The van der Waals surface area contributed by atoms with E-state index in [9.17, 15) is 22.8 Å². The van der Waals surface area contributed by atoms with Crippen LogP contribution in [-0.4, -0.2) is 56.3 Å². The van der Waals surface area contributed by atoms with E-state index in [1.165, 1.54) is 17.3 Å². The zero-order valence-electron chi connectivity index (χ0n) is 15.5. The third kappa shape index (κ3) is 8.70. The largest absolute Gasteiger partial charge is 0.490 e. The van der Waals surface area contributed by atoms with Crippen molar-refractivity contribution >= 4 is 34.7 Å². The predicted octanol–water partition coefficient (Wildman–Crippen LogP) is 2.52. The van der Waals surface area contributed by atoms with Gasteiger partial charge in [-0.2, -0.15) is 18.3 Å². The average molecular weight is 421 g/mol. The van der Waals surface area contributed by atoms with Gasteiger partial charge in [0.15, 0.2) is 10.9 Å². The van der Waals surface area contributed by atoms with Gasteiger partial charge in [0.1, 0.15) is 0 Å². The number of halogens is 3. The minimum Gasteiger partial charge on any atom is -0.475 e. The number of piperidine rings is 1. The molecule has 0 saturated carbocycles. The van der Waals surface area contributed by atoms with Gasteiger partial charge in [-0.05, 0) is 30.7 Å². The van der Waals surface area contributed by atoms with Crippen LogP contribution in [0.4, 0.5) is 13.2 Å². The molecule has 11 heteroatoms. The van der Waals surface area contributed by atoms with Gasteiger partial charge in [-0.1, -0.05) is 18.7 Å². The molecular weight excluding hydrogens is 399 g/mol. The van der Waals surface area contributed by atoms with E-state index >= 15 is 0 Å². The number of carbonyl (C=O) groups excluding carboxylic acids is 2. The van der Waals surface area contributed by atoms with Gasteiger partial charge in [0.05, 0.1) is 12.2 Å². The Hall–Kier alpha value is -2.14.